The number of likely N-dealkylation sites (tertiary alicyclic amines) is 1. The molecule has 1 aromatic heterocycles. The van der Waals surface area contributed by atoms with Gasteiger partial charge in [0.1, 0.15) is 0 Å². The van der Waals surface area contributed by atoms with Gasteiger partial charge in [-0.1, -0.05) is 65.7 Å². The minimum atomic E-state index is -0.463. The zero-order valence-electron chi connectivity index (χ0n) is 25.4. The van der Waals surface area contributed by atoms with Crippen LogP contribution in [0.25, 0.3) is 11.0 Å². The molecule has 1 N–H and O–H groups in total. The molecule has 2 aliphatic rings. The van der Waals surface area contributed by atoms with Gasteiger partial charge in [0.05, 0.1) is 18.5 Å². The molecule has 8 heteroatoms. The second-order valence-electron chi connectivity index (χ2n) is 11.9. The van der Waals surface area contributed by atoms with Gasteiger partial charge in [-0.25, -0.2) is 0 Å². The summed E-state index contributed by atoms with van der Waals surface area (Å²) < 4.78 is 11.3. The van der Waals surface area contributed by atoms with Crippen molar-refractivity contribution >= 4 is 34.4 Å². The Hall–Kier alpha value is -4.36. The molecule has 0 bridgehead atoms. The second kappa shape index (κ2) is 13.7. The molecule has 1 saturated heterocycles. The fourth-order valence-corrected chi connectivity index (χ4v) is 6.72. The lowest BCUT2D eigenvalue weighted by Crippen LogP contribution is -2.36. The van der Waals surface area contributed by atoms with Crippen molar-refractivity contribution in [1.29, 1.82) is 0 Å². The molecule has 232 valence electrons. The topological polar surface area (TPSA) is 88.9 Å². The van der Waals surface area contributed by atoms with Crippen molar-refractivity contribution in [2.75, 3.05) is 13.7 Å². The molecule has 0 radical (unpaired) electrons. The zero-order chi connectivity index (χ0) is 31.3. The summed E-state index contributed by atoms with van der Waals surface area (Å²) in [5.74, 6) is 0.532. The third kappa shape index (κ3) is 7.15. The Balaban J connectivity index is 1.20. The Labute approximate surface area is 267 Å². The van der Waals surface area contributed by atoms with E-state index in [1.165, 1.54) is 29.9 Å². The lowest BCUT2D eigenvalue weighted by atomic mass is 9.79. The predicted molar refractivity (Wildman–Crippen MR) is 176 cm³/mol. The number of hydrogen-bond acceptors (Lipinski definition) is 5. The van der Waals surface area contributed by atoms with Gasteiger partial charge >= 0.3 is 0 Å². The highest BCUT2D eigenvalue weighted by Crippen LogP contribution is 2.38. The average Bonchev–Trinajstić information content (AvgIpc) is 3.46. The standard InChI is InChI=1S/C37H37ClN2O5/c1-44-33-9-4-8-31-32(41)22-34(45-36(31)33)37(43)39-29(21-25-13-17-28(38)18-14-25)20-24-11-15-26(16-12-24)30-7-3-2-6-27(30)23-40-19-5-10-35(40)42/h2-4,6-9,13-14,17-18,20,22,26,29H,5,10-12,15-16,19,21,23H2,1H3,(H,39,43)/t26?,29-/m1/s1. The number of carbonyl (C=O) groups excluding carboxylic acids is 2. The third-order valence-corrected chi connectivity index (χ3v) is 9.19. The average molecular weight is 625 g/mol. The maximum absolute atomic E-state index is 13.5. The molecule has 2 heterocycles. The van der Waals surface area contributed by atoms with Gasteiger partial charge in [0.15, 0.2) is 22.5 Å². The Morgan fingerprint density at radius 2 is 1.82 bits per heavy atom. The van der Waals surface area contributed by atoms with Gasteiger partial charge in [-0.3, -0.25) is 14.4 Å². The molecule has 45 heavy (non-hydrogen) atoms. The lowest BCUT2D eigenvalue weighted by molar-refractivity contribution is -0.128. The summed E-state index contributed by atoms with van der Waals surface area (Å²) in [7, 11) is 1.50. The largest absolute Gasteiger partial charge is 0.493 e. The van der Waals surface area contributed by atoms with Crippen LogP contribution in [0, 0.1) is 0 Å². The molecule has 1 aliphatic heterocycles. The predicted octanol–water partition coefficient (Wildman–Crippen LogP) is 7.20. The van der Waals surface area contributed by atoms with Gasteiger partial charge in [-0.15, -0.1) is 0 Å². The molecular weight excluding hydrogens is 588 g/mol. The molecule has 3 aromatic carbocycles. The maximum atomic E-state index is 13.5. The van der Waals surface area contributed by atoms with Gasteiger partial charge in [0.25, 0.3) is 5.91 Å². The first kappa shape index (κ1) is 30.7. The number of hydrogen-bond donors (Lipinski definition) is 1. The molecule has 1 saturated carbocycles. The zero-order valence-corrected chi connectivity index (χ0v) is 26.1. The summed E-state index contributed by atoms with van der Waals surface area (Å²) in [5.41, 5.74) is 4.84. The molecule has 1 atom stereocenters. The Morgan fingerprint density at radius 1 is 1.04 bits per heavy atom. The van der Waals surface area contributed by atoms with Crippen LogP contribution in [0.2, 0.25) is 5.02 Å². The monoisotopic (exact) mass is 624 g/mol. The number of amides is 2. The summed E-state index contributed by atoms with van der Waals surface area (Å²) in [5, 5.41) is 4.12. The van der Waals surface area contributed by atoms with Crippen molar-refractivity contribution < 1.29 is 18.7 Å². The van der Waals surface area contributed by atoms with Crippen molar-refractivity contribution in [1.82, 2.24) is 10.2 Å². The molecule has 2 amide bonds. The first-order valence-electron chi connectivity index (χ1n) is 15.6. The number of halogens is 1. The molecule has 0 unspecified atom stereocenters. The van der Waals surface area contributed by atoms with E-state index in [0.29, 0.717) is 41.5 Å². The molecule has 6 rings (SSSR count). The third-order valence-electron chi connectivity index (χ3n) is 8.94. The van der Waals surface area contributed by atoms with Crippen LogP contribution in [-0.2, 0) is 17.8 Å². The Morgan fingerprint density at radius 3 is 2.56 bits per heavy atom. The van der Waals surface area contributed by atoms with E-state index in [2.05, 4.69) is 35.7 Å². The first-order chi connectivity index (χ1) is 21.9. The van der Waals surface area contributed by atoms with Crippen LogP contribution >= 0.6 is 11.6 Å². The number of rotatable bonds is 9. The van der Waals surface area contributed by atoms with Crippen molar-refractivity contribution in [2.45, 2.75) is 63.5 Å². The number of benzene rings is 3. The number of methoxy groups -OCH3 is 1. The van der Waals surface area contributed by atoms with Crippen LogP contribution in [0.5, 0.6) is 5.75 Å². The molecule has 7 nitrogen and oxygen atoms in total. The minimum absolute atomic E-state index is 0.0618. The van der Waals surface area contributed by atoms with Gasteiger partial charge in [0, 0.05) is 30.6 Å². The quantitative estimate of drug-likeness (QED) is 0.199. The van der Waals surface area contributed by atoms with E-state index in [0.717, 1.165) is 44.2 Å². The smallest absolute Gasteiger partial charge is 0.287 e. The van der Waals surface area contributed by atoms with Crippen LogP contribution < -0.4 is 15.5 Å². The van der Waals surface area contributed by atoms with E-state index in [1.54, 1.807) is 18.2 Å². The van der Waals surface area contributed by atoms with Gasteiger partial charge in [-0.05, 0) is 85.4 Å². The number of ether oxygens (including phenoxy) is 1. The van der Waals surface area contributed by atoms with E-state index in [9.17, 15) is 14.4 Å². The number of nitrogens with one attached hydrogen (secondary N) is 1. The molecule has 0 spiro atoms. The van der Waals surface area contributed by atoms with Crippen LogP contribution in [0.15, 0.2) is 93.7 Å². The van der Waals surface area contributed by atoms with E-state index < -0.39 is 5.91 Å². The lowest BCUT2D eigenvalue weighted by Gasteiger charge is -2.28. The minimum Gasteiger partial charge on any atom is -0.493 e. The van der Waals surface area contributed by atoms with Gasteiger partial charge < -0.3 is 19.4 Å². The summed E-state index contributed by atoms with van der Waals surface area (Å²) >= 11 is 6.13. The van der Waals surface area contributed by atoms with Crippen molar-refractivity contribution in [3.63, 3.8) is 0 Å². The fraction of sp³-hybridized carbons (Fsp3) is 0.324. The SMILES string of the molecule is COc1cccc2c(=O)cc(C(=O)N[C@H](C=C3CCC(c4ccccc4CN4CCCC4=O)CC3)Cc3ccc(Cl)cc3)oc12. The first-order valence-corrected chi connectivity index (χ1v) is 16.0. The normalized spacial score (nSPS) is 17.4. The van der Waals surface area contributed by atoms with Crippen molar-refractivity contribution in [2.24, 2.45) is 0 Å². The van der Waals surface area contributed by atoms with E-state index in [1.807, 2.05) is 29.2 Å². The fourth-order valence-electron chi connectivity index (χ4n) is 6.59. The van der Waals surface area contributed by atoms with Crippen LogP contribution in [0.1, 0.15) is 71.7 Å². The molecule has 2 fully saturated rings. The number of nitrogens with zero attached hydrogens (tertiary/aromatic N) is 1. The summed E-state index contributed by atoms with van der Waals surface area (Å²) in [6, 6.07) is 22.1. The van der Waals surface area contributed by atoms with Crippen molar-refractivity contribution in [3.05, 3.63) is 122 Å². The number of para-hydroxylation sites is 1. The van der Waals surface area contributed by atoms with Gasteiger partial charge in [-0.2, -0.15) is 0 Å². The number of carbonyl (C=O) groups is 2. The highest BCUT2D eigenvalue weighted by atomic mass is 35.5. The van der Waals surface area contributed by atoms with Crippen molar-refractivity contribution in [3.8, 4) is 5.75 Å². The molecular formula is C37H37ClN2O5. The molecule has 4 aromatic rings. The Bertz CT molecular complexity index is 1790. The maximum Gasteiger partial charge on any atom is 0.287 e. The van der Waals surface area contributed by atoms with Crippen LogP contribution in [-0.4, -0.2) is 36.4 Å². The highest BCUT2D eigenvalue weighted by molar-refractivity contribution is 6.30. The number of fused-ring (bicyclic) bond motifs is 1. The Kier molecular flexibility index (Phi) is 9.36. The summed E-state index contributed by atoms with van der Waals surface area (Å²) in [4.78, 5) is 40.6. The van der Waals surface area contributed by atoms with Gasteiger partial charge in [0.2, 0.25) is 5.91 Å². The second-order valence-corrected chi connectivity index (χ2v) is 12.4. The van der Waals surface area contributed by atoms with E-state index >= 15 is 0 Å². The highest BCUT2D eigenvalue weighted by Gasteiger charge is 2.25. The summed E-state index contributed by atoms with van der Waals surface area (Å²) in [6.07, 6.45) is 8.13. The number of allylic oxidation sites excluding steroid dienone is 1. The van der Waals surface area contributed by atoms with E-state index in [4.69, 9.17) is 20.8 Å². The van der Waals surface area contributed by atoms with Crippen LogP contribution in [0.3, 0.4) is 0 Å². The molecule has 1 aliphatic carbocycles. The van der Waals surface area contributed by atoms with Crippen LogP contribution in [0.4, 0.5) is 0 Å². The summed E-state index contributed by atoms with van der Waals surface area (Å²) in [6.45, 7) is 1.52. The van der Waals surface area contributed by atoms with E-state index in [-0.39, 0.29) is 28.7 Å².